The van der Waals surface area contributed by atoms with Crippen LogP contribution < -0.4 is 5.32 Å². The monoisotopic (exact) mass is 257 g/mol. The van der Waals surface area contributed by atoms with Crippen molar-refractivity contribution in [3.8, 4) is 0 Å². The molecule has 2 aliphatic rings. The molecule has 1 aromatic carbocycles. The molecule has 0 unspecified atom stereocenters. The molecule has 0 heterocycles. The maximum atomic E-state index is 11.9. The van der Waals surface area contributed by atoms with E-state index in [9.17, 15) is 4.79 Å². The van der Waals surface area contributed by atoms with Crippen molar-refractivity contribution in [2.45, 2.75) is 51.0 Å². The summed E-state index contributed by atoms with van der Waals surface area (Å²) in [6, 6.07) is 11.2. The molecule has 3 rings (SSSR count). The number of rotatable bonds is 3. The Morgan fingerprint density at radius 2 is 1.74 bits per heavy atom. The van der Waals surface area contributed by atoms with E-state index in [1.54, 1.807) is 0 Å². The van der Waals surface area contributed by atoms with Crippen molar-refractivity contribution in [3.05, 3.63) is 35.9 Å². The summed E-state index contributed by atoms with van der Waals surface area (Å²) in [5, 5.41) is 3.24. The molecule has 0 aromatic heterocycles. The molecule has 1 amide bonds. The van der Waals surface area contributed by atoms with Gasteiger partial charge in [0.25, 0.3) is 0 Å². The third kappa shape index (κ3) is 2.99. The zero-order chi connectivity index (χ0) is 13.2. The Labute approximate surface area is 115 Å². The number of carbonyl (C=O) groups is 1. The van der Waals surface area contributed by atoms with Gasteiger partial charge < -0.3 is 5.32 Å². The van der Waals surface area contributed by atoms with Crippen LogP contribution in [0.25, 0.3) is 0 Å². The van der Waals surface area contributed by atoms with E-state index in [-0.39, 0.29) is 0 Å². The summed E-state index contributed by atoms with van der Waals surface area (Å²) in [4.78, 5) is 11.9. The van der Waals surface area contributed by atoms with Crippen LogP contribution in [0.2, 0.25) is 0 Å². The predicted molar refractivity (Wildman–Crippen MR) is 76.9 cm³/mol. The number of benzene rings is 1. The van der Waals surface area contributed by atoms with Gasteiger partial charge in [-0.15, -0.1) is 0 Å². The second kappa shape index (κ2) is 5.36. The van der Waals surface area contributed by atoms with Crippen molar-refractivity contribution < 1.29 is 4.79 Å². The zero-order valence-electron chi connectivity index (χ0n) is 11.6. The SMILES string of the molecule is C[C@H]1C[C@@H]1C(=O)NC1CCC(c2ccccc2)CC1. The molecule has 2 aliphatic carbocycles. The number of hydrogen-bond donors (Lipinski definition) is 1. The molecule has 0 radical (unpaired) electrons. The first-order valence-corrected chi connectivity index (χ1v) is 7.59. The van der Waals surface area contributed by atoms with Crippen LogP contribution in [0.4, 0.5) is 0 Å². The average molecular weight is 257 g/mol. The summed E-state index contributed by atoms with van der Waals surface area (Å²) in [5.41, 5.74) is 1.46. The summed E-state index contributed by atoms with van der Waals surface area (Å²) in [7, 11) is 0. The normalized spacial score (nSPS) is 33.7. The first kappa shape index (κ1) is 12.7. The van der Waals surface area contributed by atoms with E-state index >= 15 is 0 Å². The summed E-state index contributed by atoms with van der Waals surface area (Å²) in [6.45, 7) is 2.16. The zero-order valence-corrected chi connectivity index (χ0v) is 11.6. The standard InChI is InChI=1S/C17H23NO/c1-12-11-16(12)17(19)18-15-9-7-14(8-10-15)13-5-3-2-4-6-13/h2-6,12,14-16H,7-11H2,1H3,(H,18,19)/t12-,14?,15?,16-/m0/s1. The molecule has 0 spiro atoms. The Hall–Kier alpha value is -1.31. The van der Waals surface area contributed by atoms with Crippen LogP contribution in [0.3, 0.4) is 0 Å². The van der Waals surface area contributed by atoms with Crippen molar-refractivity contribution in [3.63, 3.8) is 0 Å². The summed E-state index contributed by atoms with van der Waals surface area (Å²) in [5.74, 6) is 1.91. The van der Waals surface area contributed by atoms with Gasteiger partial charge in [0.1, 0.15) is 0 Å². The quantitative estimate of drug-likeness (QED) is 0.882. The minimum absolute atomic E-state index is 0.302. The van der Waals surface area contributed by atoms with Crippen LogP contribution in [-0.4, -0.2) is 11.9 Å². The van der Waals surface area contributed by atoms with Gasteiger partial charge in [0, 0.05) is 12.0 Å². The molecular weight excluding hydrogens is 234 g/mol. The van der Waals surface area contributed by atoms with Crippen molar-refractivity contribution in [1.82, 2.24) is 5.32 Å². The lowest BCUT2D eigenvalue weighted by atomic mass is 9.82. The fraction of sp³-hybridized carbons (Fsp3) is 0.588. The number of carbonyl (C=O) groups excluding carboxylic acids is 1. The van der Waals surface area contributed by atoms with E-state index < -0.39 is 0 Å². The van der Waals surface area contributed by atoms with Crippen LogP contribution in [-0.2, 0) is 4.79 Å². The fourth-order valence-corrected chi connectivity index (χ4v) is 3.29. The molecule has 19 heavy (non-hydrogen) atoms. The predicted octanol–water partition coefficient (Wildman–Crippen LogP) is 3.49. The van der Waals surface area contributed by atoms with Crippen LogP contribution in [0, 0.1) is 11.8 Å². The Kier molecular flexibility index (Phi) is 3.58. The highest BCUT2D eigenvalue weighted by atomic mass is 16.2. The summed E-state index contributed by atoms with van der Waals surface area (Å²) in [6.07, 6.45) is 5.76. The lowest BCUT2D eigenvalue weighted by molar-refractivity contribution is -0.123. The minimum atomic E-state index is 0.302. The smallest absolute Gasteiger partial charge is 0.223 e. The number of amides is 1. The molecule has 2 heteroatoms. The molecule has 2 atom stereocenters. The van der Waals surface area contributed by atoms with Gasteiger partial charge in [-0.3, -0.25) is 4.79 Å². The van der Waals surface area contributed by atoms with Crippen molar-refractivity contribution >= 4 is 5.91 Å². The van der Waals surface area contributed by atoms with E-state index in [0.717, 1.165) is 19.3 Å². The van der Waals surface area contributed by atoms with Crippen molar-refractivity contribution in [2.75, 3.05) is 0 Å². The van der Waals surface area contributed by atoms with E-state index in [2.05, 4.69) is 42.6 Å². The van der Waals surface area contributed by atoms with Gasteiger partial charge >= 0.3 is 0 Å². The largest absolute Gasteiger partial charge is 0.353 e. The molecule has 2 nitrogen and oxygen atoms in total. The van der Waals surface area contributed by atoms with Gasteiger partial charge in [0.2, 0.25) is 5.91 Å². The number of nitrogens with one attached hydrogen (secondary N) is 1. The summed E-state index contributed by atoms with van der Waals surface area (Å²) >= 11 is 0. The van der Waals surface area contributed by atoms with Gasteiger partial charge in [0.15, 0.2) is 0 Å². The molecule has 1 N–H and O–H groups in total. The Morgan fingerprint density at radius 1 is 1.11 bits per heavy atom. The minimum Gasteiger partial charge on any atom is -0.353 e. The molecule has 0 aliphatic heterocycles. The van der Waals surface area contributed by atoms with Gasteiger partial charge in [0.05, 0.1) is 0 Å². The fourth-order valence-electron chi connectivity index (χ4n) is 3.29. The van der Waals surface area contributed by atoms with E-state index in [4.69, 9.17) is 0 Å². The van der Waals surface area contributed by atoms with Crippen LogP contribution in [0.15, 0.2) is 30.3 Å². The highest BCUT2D eigenvalue weighted by molar-refractivity contribution is 5.81. The average Bonchev–Trinajstić information content (AvgIpc) is 3.18. The maximum absolute atomic E-state index is 11.9. The van der Waals surface area contributed by atoms with E-state index in [1.807, 2.05) is 0 Å². The van der Waals surface area contributed by atoms with Crippen LogP contribution >= 0.6 is 0 Å². The van der Waals surface area contributed by atoms with Crippen LogP contribution in [0.5, 0.6) is 0 Å². The molecule has 102 valence electrons. The third-order valence-corrected chi connectivity index (χ3v) is 4.79. The number of hydrogen-bond acceptors (Lipinski definition) is 1. The maximum Gasteiger partial charge on any atom is 0.223 e. The third-order valence-electron chi connectivity index (χ3n) is 4.79. The summed E-state index contributed by atoms with van der Waals surface area (Å²) < 4.78 is 0. The molecule has 0 saturated heterocycles. The molecule has 2 saturated carbocycles. The van der Waals surface area contributed by atoms with Crippen LogP contribution in [0.1, 0.15) is 50.5 Å². The second-order valence-corrected chi connectivity index (χ2v) is 6.29. The molecular formula is C17H23NO. The van der Waals surface area contributed by atoms with Crippen molar-refractivity contribution in [2.24, 2.45) is 11.8 Å². The first-order chi connectivity index (χ1) is 9.24. The van der Waals surface area contributed by atoms with Gasteiger partial charge in [-0.2, -0.15) is 0 Å². The Morgan fingerprint density at radius 3 is 2.32 bits per heavy atom. The second-order valence-electron chi connectivity index (χ2n) is 6.29. The van der Waals surface area contributed by atoms with E-state index in [1.165, 1.54) is 18.4 Å². The lowest BCUT2D eigenvalue weighted by Crippen LogP contribution is -2.38. The highest BCUT2D eigenvalue weighted by Crippen LogP contribution is 2.38. The topological polar surface area (TPSA) is 29.1 Å². The molecule has 0 bridgehead atoms. The van der Waals surface area contributed by atoms with Gasteiger partial charge in [-0.05, 0) is 49.5 Å². The first-order valence-electron chi connectivity index (χ1n) is 7.59. The van der Waals surface area contributed by atoms with Gasteiger partial charge in [-0.1, -0.05) is 37.3 Å². The lowest BCUT2D eigenvalue weighted by Gasteiger charge is -2.29. The van der Waals surface area contributed by atoms with Gasteiger partial charge in [-0.25, -0.2) is 0 Å². The van der Waals surface area contributed by atoms with E-state index in [0.29, 0.717) is 29.7 Å². The Bertz CT molecular complexity index is 434. The highest BCUT2D eigenvalue weighted by Gasteiger charge is 2.39. The Balaban J connectivity index is 1.48. The van der Waals surface area contributed by atoms with Crippen molar-refractivity contribution in [1.29, 1.82) is 0 Å². The molecule has 1 aromatic rings. The molecule has 2 fully saturated rings.